The van der Waals surface area contributed by atoms with Gasteiger partial charge in [0, 0.05) is 6.07 Å². The second kappa shape index (κ2) is 6.61. The van der Waals surface area contributed by atoms with Gasteiger partial charge in [-0.1, -0.05) is 36.9 Å². The predicted octanol–water partition coefficient (Wildman–Crippen LogP) is 3.40. The zero-order chi connectivity index (χ0) is 15.2. The normalized spacial score (nSPS) is 9.95. The SMILES string of the molecule is C=Cc1ccc(COc2ccc(C(=O)OC)c(O)c2)cc1. The molecular weight excluding hydrogens is 268 g/mol. The maximum Gasteiger partial charge on any atom is 0.341 e. The third-order valence-electron chi connectivity index (χ3n) is 3.00. The molecule has 4 nitrogen and oxygen atoms in total. The van der Waals surface area contributed by atoms with Crippen molar-refractivity contribution in [2.45, 2.75) is 6.61 Å². The number of benzene rings is 2. The molecule has 0 radical (unpaired) electrons. The van der Waals surface area contributed by atoms with Crippen molar-refractivity contribution in [1.82, 2.24) is 0 Å². The lowest BCUT2D eigenvalue weighted by Crippen LogP contribution is -2.02. The fourth-order valence-corrected chi connectivity index (χ4v) is 1.80. The molecule has 108 valence electrons. The molecule has 21 heavy (non-hydrogen) atoms. The molecule has 2 aromatic rings. The highest BCUT2D eigenvalue weighted by Crippen LogP contribution is 2.24. The summed E-state index contributed by atoms with van der Waals surface area (Å²) in [5.41, 5.74) is 2.15. The third-order valence-corrected chi connectivity index (χ3v) is 3.00. The highest BCUT2D eigenvalue weighted by Gasteiger charge is 2.12. The molecule has 0 amide bonds. The molecule has 0 saturated heterocycles. The summed E-state index contributed by atoms with van der Waals surface area (Å²) in [6.07, 6.45) is 1.77. The van der Waals surface area contributed by atoms with Gasteiger partial charge in [-0.3, -0.25) is 0 Å². The van der Waals surface area contributed by atoms with E-state index in [0.717, 1.165) is 11.1 Å². The van der Waals surface area contributed by atoms with Crippen molar-refractivity contribution in [2.75, 3.05) is 7.11 Å². The molecule has 2 rings (SSSR count). The van der Waals surface area contributed by atoms with Gasteiger partial charge in [0.15, 0.2) is 0 Å². The van der Waals surface area contributed by atoms with Crippen LogP contribution in [-0.2, 0) is 11.3 Å². The summed E-state index contributed by atoms with van der Waals surface area (Å²) in [5, 5.41) is 9.77. The van der Waals surface area contributed by atoms with Crippen LogP contribution in [0.1, 0.15) is 21.5 Å². The van der Waals surface area contributed by atoms with Crippen LogP contribution >= 0.6 is 0 Å². The quantitative estimate of drug-likeness (QED) is 0.855. The predicted molar refractivity (Wildman–Crippen MR) is 80.3 cm³/mol. The average Bonchev–Trinajstić information content (AvgIpc) is 2.52. The number of carbonyl (C=O) groups is 1. The van der Waals surface area contributed by atoms with Crippen LogP contribution in [0.2, 0.25) is 0 Å². The van der Waals surface area contributed by atoms with E-state index in [-0.39, 0.29) is 11.3 Å². The van der Waals surface area contributed by atoms with E-state index in [1.807, 2.05) is 24.3 Å². The summed E-state index contributed by atoms with van der Waals surface area (Å²) in [6, 6.07) is 12.3. The number of phenolic OH excluding ortho intramolecular Hbond substituents is 1. The fourth-order valence-electron chi connectivity index (χ4n) is 1.80. The van der Waals surface area contributed by atoms with Crippen molar-refractivity contribution in [3.8, 4) is 11.5 Å². The molecule has 0 atom stereocenters. The van der Waals surface area contributed by atoms with Crippen molar-refractivity contribution in [3.63, 3.8) is 0 Å². The van der Waals surface area contributed by atoms with E-state index in [2.05, 4.69) is 11.3 Å². The van der Waals surface area contributed by atoms with Crippen LogP contribution in [0.25, 0.3) is 6.08 Å². The van der Waals surface area contributed by atoms with Gasteiger partial charge in [0.05, 0.1) is 7.11 Å². The van der Waals surface area contributed by atoms with Crippen molar-refractivity contribution >= 4 is 12.0 Å². The van der Waals surface area contributed by atoms with Gasteiger partial charge in [-0.15, -0.1) is 0 Å². The zero-order valence-electron chi connectivity index (χ0n) is 11.7. The highest BCUT2D eigenvalue weighted by atomic mass is 16.5. The minimum atomic E-state index is -0.584. The van der Waals surface area contributed by atoms with E-state index in [1.165, 1.54) is 19.2 Å². The van der Waals surface area contributed by atoms with E-state index < -0.39 is 5.97 Å². The van der Waals surface area contributed by atoms with Gasteiger partial charge in [0.25, 0.3) is 0 Å². The van der Waals surface area contributed by atoms with Gasteiger partial charge in [0.2, 0.25) is 0 Å². The van der Waals surface area contributed by atoms with E-state index in [0.29, 0.717) is 12.4 Å². The highest BCUT2D eigenvalue weighted by molar-refractivity contribution is 5.92. The van der Waals surface area contributed by atoms with Crippen molar-refractivity contribution < 1.29 is 19.4 Å². The minimum absolute atomic E-state index is 0.111. The first-order chi connectivity index (χ1) is 10.1. The van der Waals surface area contributed by atoms with Crippen LogP contribution in [0.5, 0.6) is 11.5 Å². The molecule has 0 fully saturated rings. The zero-order valence-corrected chi connectivity index (χ0v) is 11.7. The Balaban J connectivity index is 2.04. The van der Waals surface area contributed by atoms with Gasteiger partial charge in [-0.05, 0) is 23.3 Å². The molecule has 0 aliphatic heterocycles. The summed E-state index contributed by atoms with van der Waals surface area (Å²) in [7, 11) is 1.26. The monoisotopic (exact) mass is 284 g/mol. The number of esters is 1. The van der Waals surface area contributed by atoms with Crippen LogP contribution < -0.4 is 4.74 Å². The fraction of sp³-hybridized carbons (Fsp3) is 0.118. The molecular formula is C17H16O4. The molecule has 1 N–H and O–H groups in total. The first-order valence-electron chi connectivity index (χ1n) is 6.39. The first kappa shape index (κ1) is 14.7. The Labute approximate surface area is 123 Å². The Morgan fingerprint density at radius 1 is 1.24 bits per heavy atom. The van der Waals surface area contributed by atoms with Gasteiger partial charge < -0.3 is 14.6 Å². The van der Waals surface area contributed by atoms with Crippen LogP contribution in [-0.4, -0.2) is 18.2 Å². The summed E-state index contributed by atoms with van der Waals surface area (Å²) in [5.74, 6) is -0.270. The maximum atomic E-state index is 11.4. The van der Waals surface area contributed by atoms with Gasteiger partial charge in [0.1, 0.15) is 23.7 Å². The van der Waals surface area contributed by atoms with Crippen LogP contribution in [0.15, 0.2) is 49.0 Å². The number of aromatic hydroxyl groups is 1. The maximum absolute atomic E-state index is 11.4. The van der Waals surface area contributed by atoms with Crippen LogP contribution in [0.3, 0.4) is 0 Å². The second-order valence-electron chi connectivity index (χ2n) is 4.40. The Morgan fingerprint density at radius 3 is 2.52 bits per heavy atom. The molecule has 2 aromatic carbocycles. The van der Waals surface area contributed by atoms with Gasteiger partial charge in [-0.2, -0.15) is 0 Å². The molecule has 0 heterocycles. The number of rotatable bonds is 5. The Bertz CT molecular complexity index is 644. The molecule has 0 unspecified atom stereocenters. The Hall–Kier alpha value is -2.75. The van der Waals surface area contributed by atoms with Crippen LogP contribution in [0.4, 0.5) is 0 Å². The molecule has 0 bridgehead atoms. The van der Waals surface area contributed by atoms with E-state index in [1.54, 1.807) is 12.1 Å². The van der Waals surface area contributed by atoms with Gasteiger partial charge in [-0.25, -0.2) is 4.79 Å². The molecule has 0 aliphatic carbocycles. The summed E-state index contributed by atoms with van der Waals surface area (Å²) < 4.78 is 10.1. The topological polar surface area (TPSA) is 55.8 Å². The second-order valence-corrected chi connectivity index (χ2v) is 4.40. The first-order valence-corrected chi connectivity index (χ1v) is 6.39. The van der Waals surface area contributed by atoms with Crippen molar-refractivity contribution in [1.29, 1.82) is 0 Å². The molecule has 0 aliphatic rings. The molecule has 0 spiro atoms. The summed E-state index contributed by atoms with van der Waals surface area (Å²) >= 11 is 0. The largest absolute Gasteiger partial charge is 0.507 e. The van der Waals surface area contributed by atoms with Crippen LogP contribution in [0, 0.1) is 0 Å². The minimum Gasteiger partial charge on any atom is -0.507 e. The number of ether oxygens (including phenoxy) is 2. The van der Waals surface area contributed by atoms with Crippen molar-refractivity contribution in [3.05, 3.63) is 65.7 Å². The lowest BCUT2D eigenvalue weighted by Gasteiger charge is -2.09. The van der Waals surface area contributed by atoms with E-state index in [4.69, 9.17) is 4.74 Å². The van der Waals surface area contributed by atoms with E-state index >= 15 is 0 Å². The number of carbonyl (C=O) groups excluding carboxylic acids is 1. The molecule has 0 aromatic heterocycles. The lowest BCUT2D eigenvalue weighted by molar-refractivity contribution is 0.0597. The number of methoxy groups -OCH3 is 1. The average molecular weight is 284 g/mol. The number of phenols is 1. The van der Waals surface area contributed by atoms with Crippen molar-refractivity contribution in [2.24, 2.45) is 0 Å². The Kier molecular flexibility index (Phi) is 4.61. The van der Waals surface area contributed by atoms with E-state index in [9.17, 15) is 9.90 Å². The molecule has 0 saturated carbocycles. The number of hydrogen-bond acceptors (Lipinski definition) is 4. The summed E-state index contributed by atoms with van der Waals surface area (Å²) in [6.45, 7) is 4.07. The number of hydrogen-bond donors (Lipinski definition) is 1. The standard InChI is InChI=1S/C17H16O4/c1-3-12-4-6-13(7-5-12)11-21-14-8-9-15(16(18)10-14)17(19)20-2/h3-10,18H,1,11H2,2H3. The van der Waals surface area contributed by atoms with Gasteiger partial charge >= 0.3 is 5.97 Å². The summed E-state index contributed by atoms with van der Waals surface area (Å²) in [4.78, 5) is 11.4. The third kappa shape index (κ3) is 3.63. The Morgan fingerprint density at radius 2 is 1.95 bits per heavy atom. The molecule has 4 heteroatoms. The lowest BCUT2D eigenvalue weighted by atomic mass is 10.1. The smallest absolute Gasteiger partial charge is 0.341 e.